The van der Waals surface area contributed by atoms with Gasteiger partial charge in [0.15, 0.2) is 11.5 Å². The van der Waals surface area contributed by atoms with Crippen molar-refractivity contribution in [2.24, 2.45) is 0 Å². The van der Waals surface area contributed by atoms with E-state index >= 15 is 0 Å². The molecule has 0 spiro atoms. The molecular weight excluding hydrogens is 362 g/mol. The molecular formula is C19H23N5O2S. The third-order valence-corrected chi connectivity index (χ3v) is 6.99. The molecule has 0 aromatic carbocycles. The lowest BCUT2D eigenvalue weighted by Gasteiger charge is -2.30. The monoisotopic (exact) mass is 385 g/mol. The summed E-state index contributed by atoms with van der Waals surface area (Å²) in [7, 11) is -3.18. The van der Waals surface area contributed by atoms with E-state index in [1.807, 2.05) is 43.6 Å². The maximum Gasteiger partial charge on any atom is 0.214 e. The normalized spacial score (nSPS) is 18.8. The Morgan fingerprint density at radius 1 is 1.22 bits per heavy atom. The van der Waals surface area contributed by atoms with Crippen molar-refractivity contribution in [3.05, 3.63) is 48.7 Å². The fourth-order valence-corrected chi connectivity index (χ4v) is 5.16. The first-order valence-electron chi connectivity index (χ1n) is 9.31. The maximum atomic E-state index is 12.4. The first kappa shape index (κ1) is 18.1. The number of hydrogen-bond acceptors (Lipinski definition) is 5. The lowest BCUT2D eigenvalue weighted by molar-refractivity contribution is 0.309. The van der Waals surface area contributed by atoms with Crippen molar-refractivity contribution in [1.82, 2.24) is 23.9 Å². The average Bonchev–Trinajstić information content (AvgIpc) is 3.12. The van der Waals surface area contributed by atoms with Crippen molar-refractivity contribution in [3.63, 3.8) is 0 Å². The minimum atomic E-state index is -3.18. The van der Waals surface area contributed by atoms with Crippen LogP contribution in [0.2, 0.25) is 0 Å². The van der Waals surface area contributed by atoms with Crippen LogP contribution in [-0.4, -0.2) is 51.1 Å². The fourth-order valence-electron chi connectivity index (χ4n) is 3.57. The highest BCUT2D eigenvalue weighted by molar-refractivity contribution is 7.89. The molecule has 4 heterocycles. The van der Waals surface area contributed by atoms with E-state index in [4.69, 9.17) is 0 Å². The van der Waals surface area contributed by atoms with Crippen LogP contribution in [0.4, 0.5) is 0 Å². The molecule has 1 atom stereocenters. The Kier molecular flexibility index (Phi) is 4.92. The summed E-state index contributed by atoms with van der Waals surface area (Å²) < 4.78 is 28.2. The second kappa shape index (κ2) is 7.36. The van der Waals surface area contributed by atoms with E-state index in [9.17, 15) is 8.42 Å². The van der Waals surface area contributed by atoms with E-state index in [0.29, 0.717) is 19.5 Å². The van der Waals surface area contributed by atoms with Crippen molar-refractivity contribution in [2.45, 2.75) is 32.1 Å². The van der Waals surface area contributed by atoms with Gasteiger partial charge >= 0.3 is 0 Å². The van der Waals surface area contributed by atoms with Gasteiger partial charge in [0.2, 0.25) is 10.0 Å². The first-order chi connectivity index (χ1) is 13.1. The van der Waals surface area contributed by atoms with Gasteiger partial charge in [-0.2, -0.15) is 5.10 Å². The van der Waals surface area contributed by atoms with Crippen LogP contribution in [0.3, 0.4) is 0 Å². The molecule has 7 nitrogen and oxygen atoms in total. The Hall–Kier alpha value is -2.32. The number of fused-ring (bicyclic) bond motifs is 1. The van der Waals surface area contributed by atoms with E-state index < -0.39 is 10.0 Å². The molecule has 0 radical (unpaired) electrons. The van der Waals surface area contributed by atoms with Gasteiger partial charge in [-0.05, 0) is 37.5 Å². The van der Waals surface area contributed by atoms with Gasteiger partial charge in [0, 0.05) is 48.7 Å². The Morgan fingerprint density at radius 2 is 2.11 bits per heavy atom. The smallest absolute Gasteiger partial charge is 0.214 e. The van der Waals surface area contributed by atoms with Crippen LogP contribution in [-0.2, 0) is 10.0 Å². The van der Waals surface area contributed by atoms with Gasteiger partial charge in [0.05, 0.1) is 5.75 Å². The third-order valence-electron chi connectivity index (χ3n) is 4.95. The Balaban J connectivity index is 1.60. The molecule has 27 heavy (non-hydrogen) atoms. The van der Waals surface area contributed by atoms with E-state index in [-0.39, 0.29) is 11.7 Å². The molecule has 0 N–H and O–H groups in total. The standard InChI is InChI=1S/C19H23N5O2S/c1-2-11-27(25,26)23-10-4-6-17(13-23)19-21-18-8-7-16(14-24(18)22-19)15-5-3-9-20-12-15/h3,5,7-9,12,14,17H,2,4,6,10-11,13H2,1H3/t17-/m1/s1. The molecule has 0 bridgehead atoms. The van der Waals surface area contributed by atoms with Crippen LogP contribution >= 0.6 is 0 Å². The van der Waals surface area contributed by atoms with Gasteiger partial charge in [-0.1, -0.05) is 13.0 Å². The summed E-state index contributed by atoms with van der Waals surface area (Å²) in [6.07, 6.45) is 7.88. The Labute approximate surface area is 159 Å². The number of sulfonamides is 1. The second-order valence-electron chi connectivity index (χ2n) is 6.95. The lowest BCUT2D eigenvalue weighted by atomic mass is 9.99. The molecule has 8 heteroatoms. The largest absolute Gasteiger partial charge is 0.264 e. The summed E-state index contributed by atoms with van der Waals surface area (Å²) in [5.74, 6) is 0.953. The van der Waals surface area contributed by atoms with Gasteiger partial charge in [0.25, 0.3) is 0 Å². The van der Waals surface area contributed by atoms with Crippen molar-refractivity contribution in [1.29, 1.82) is 0 Å². The lowest BCUT2D eigenvalue weighted by Crippen LogP contribution is -2.40. The summed E-state index contributed by atoms with van der Waals surface area (Å²) >= 11 is 0. The van der Waals surface area contributed by atoms with E-state index in [2.05, 4.69) is 15.1 Å². The zero-order valence-corrected chi connectivity index (χ0v) is 16.1. The number of pyridine rings is 2. The molecule has 0 aliphatic carbocycles. The molecule has 1 aliphatic rings. The van der Waals surface area contributed by atoms with E-state index in [1.54, 1.807) is 15.0 Å². The maximum absolute atomic E-state index is 12.4. The first-order valence-corrected chi connectivity index (χ1v) is 10.9. The number of aromatic nitrogens is 4. The van der Waals surface area contributed by atoms with Gasteiger partial charge in [-0.3, -0.25) is 4.98 Å². The zero-order valence-electron chi connectivity index (χ0n) is 15.3. The molecule has 1 saturated heterocycles. The molecule has 1 fully saturated rings. The predicted octanol–water partition coefficient (Wildman–Crippen LogP) is 2.71. The molecule has 0 amide bonds. The minimum absolute atomic E-state index is 0.0344. The summed E-state index contributed by atoms with van der Waals surface area (Å²) in [6.45, 7) is 2.95. The van der Waals surface area contributed by atoms with Crippen LogP contribution in [0.5, 0.6) is 0 Å². The van der Waals surface area contributed by atoms with Gasteiger partial charge in [-0.15, -0.1) is 0 Å². The van der Waals surface area contributed by atoms with Crippen LogP contribution in [0.15, 0.2) is 42.9 Å². The van der Waals surface area contributed by atoms with Gasteiger partial charge < -0.3 is 0 Å². The van der Waals surface area contributed by atoms with Crippen molar-refractivity contribution in [2.75, 3.05) is 18.8 Å². The fraction of sp³-hybridized carbons (Fsp3) is 0.421. The summed E-state index contributed by atoms with van der Waals surface area (Å²) in [5, 5.41) is 4.65. The van der Waals surface area contributed by atoms with E-state index in [1.165, 1.54) is 0 Å². The number of nitrogens with zero attached hydrogens (tertiary/aromatic N) is 5. The van der Waals surface area contributed by atoms with Crippen molar-refractivity contribution < 1.29 is 8.42 Å². The molecule has 3 aromatic rings. The minimum Gasteiger partial charge on any atom is -0.264 e. The average molecular weight is 385 g/mol. The summed E-state index contributed by atoms with van der Waals surface area (Å²) in [6, 6.07) is 7.85. The van der Waals surface area contributed by atoms with E-state index in [0.717, 1.165) is 35.4 Å². The van der Waals surface area contributed by atoms with Crippen LogP contribution in [0.1, 0.15) is 37.9 Å². The highest BCUT2D eigenvalue weighted by atomic mass is 32.2. The summed E-state index contributed by atoms with van der Waals surface area (Å²) in [4.78, 5) is 8.81. The van der Waals surface area contributed by atoms with Gasteiger partial charge in [0.1, 0.15) is 0 Å². The van der Waals surface area contributed by atoms with Crippen molar-refractivity contribution in [3.8, 4) is 11.1 Å². The van der Waals surface area contributed by atoms with Crippen molar-refractivity contribution >= 4 is 15.7 Å². The molecule has 0 saturated carbocycles. The Bertz CT molecular complexity index is 1030. The van der Waals surface area contributed by atoms with Gasteiger partial charge in [-0.25, -0.2) is 22.2 Å². The highest BCUT2D eigenvalue weighted by Crippen LogP contribution is 2.27. The molecule has 1 aliphatic heterocycles. The predicted molar refractivity (Wildman–Crippen MR) is 104 cm³/mol. The number of piperidine rings is 1. The third kappa shape index (κ3) is 3.72. The topological polar surface area (TPSA) is 80.5 Å². The quantitative estimate of drug-likeness (QED) is 0.675. The second-order valence-corrected chi connectivity index (χ2v) is 9.03. The molecule has 4 rings (SSSR count). The molecule has 142 valence electrons. The molecule has 3 aromatic heterocycles. The number of hydrogen-bond donors (Lipinski definition) is 0. The highest BCUT2D eigenvalue weighted by Gasteiger charge is 2.31. The number of rotatable bonds is 5. The van der Waals surface area contributed by atoms with Crippen LogP contribution in [0.25, 0.3) is 16.8 Å². The Morgan fingerprint density at radius 3 is 2.89 bits per heavy atom. The zero-order chi connectivity index (χ0) is 18.9. The molecule has 0 unspecified atom stereocenters. The van der Waals surface area contributed by atoms with Crippen LogP contribution in [0, 0.1) is 0 Å². The van der Waals surface area contributed by atoms with Crippen LogP contribution < -0.4 is 0 Å². The SMILES string of the molecule is CCCS(=O)(=O)N1CCC[C@@H](c2nc3ccc(-c4cccnc4)cn3n2)C1. The summed E-state index contributed by atoms with van der Waals surface area (Å²) in [5.41, 5.74) is 2.81.